The quantitative estimate of drug-likeness (QED) is 0.475. The topological polar surface area (TPSA) is 62.2 Å². The average Bonchev–Trinajstić information content (AvgIpc) is 3.34. The summed E-state index contributed by atoms with van der Waals surface area (Å²) in [6.07, 6.45) is 2.98. The van der Waals surface area contributed by atoms with Crippen LogP contribution in [0, 0.1) is 0 Å². The highest BCUT2D eigenvalue weighted by Gasteiger charge is 2.06. The number of thiazole rings is 2. The van der Waals surface area contributed by atoms with Gasteiger partial charge in [0.1, 0.15) is 10.0 Å². The number of nitrogens with one attached hydrogen (secondary N) is 2. The van der Waals surface area contributed by atoms with E-state index in [1.54, 1.807) is 22.7 Å². The van der Waals surface area contributed by atoms with Gasteiger partial charge in [-0.25, -0.2) is 15.0 Å². The van der Waals surface area contributed by atoms with E-state index in [9.17, 15) is 0 Å². The Morgan fingerprint density at radius 1 is 1.15 bits per heavy atom. The van der Waals surface area contributed by atoms with E-state index in [0.717, 1.165) is 40.2 Å². The van der Waals surface area contributed by atoms with Crippen molar-refractivity contribution in [2.75, 3.05) is 6.54 Å². The summed E-state index contributed by atoms with van der Waals surface area (Å²) in [6, 6.07) is 10.2. The zero-order valence-electron chi connectivity index (χ0n) is 15.0. The van der Waals surface area contributed by atoms with E-state index in [-0.39, 0.29) is 0 Å². The van der Waals surface area contributed by atoms with Crippen LogP contribution in [-0.4, -0.2) is 22.5 Å². The van der Waals surface area contributed by atoms with Crippen LogP contribution in [0.1, 0.15) is 29.4 Å². The number of guanidine groups is 1. The Kier molecular flexibility index (Phi) is 6.74. The lowest BCUT2D eigenvalue weighted by Gasteiger charge is -2.09. The van der Waals surface area contributed by atoms with Gasteiger partial charge in [-0.05, 0) is 13.3 Å². The predicted octanol–water partition coefficient (Wildman–Crippen LogP) is 4.08. The maximum absolute atomic E-state index is 4.69. The molecule has 0 bridgehead atoms. The summed E-state index contributed by atoms with van der Waals surface area (Å²) in [5.74, 6) is 0.787. The standard InChI is InChI=1S/C19H23N5S2/c1-3-16-11-21-17(26-16)12-23-19(20-4-2)22-10-15-13-25-18(24-15)14-8-6-5-7-9-14/h5-9,11,13H,3-4,10,12H2,1-2H3,(H2,20,22,23). The Bertz CT molecular complexity index is 839. The van der Waals surface area contributed by atoms with Crippen LogP contribution in [0.25, 0.3) is 10.6 Å². The number of nitrogens with zero attached hydrogens (tertiary/aromatic N) is 3. The Labute approximate surface area is 162 Å². The minimum atomic E-state index is 0.552. The molecule has 136 valence electrons. The molecule has 3 aromatic rings. The third-order valence-corrected chi connectivity index (χ3v) is 5.75. The molecule has 0 aliphatic heterocycles. The van der Waals surface area contributed by atoms with Gasteiger partial charge in [0, 0.05) is 28.6 Å². The lowest BCUT2D eigenvalue weighted by atomic mass is 10.2. The summed E-state index contributed by atoms with van der Waals surface area (Å²) in [5.41, 5.74) is 2.13. The second-order valence-corrected chi connectivity index (χ2v) is 7.69. The Morgan fingerprint density at radius 2 is 2.00 bits per heavy atom. The molecular weight excluding hydrogens is 362 g/mol. The maximum atomic E-state index is 4.69. The molecule has 3 rings (SSSR count). The second-order valence-electron chi connectivity index (χ2n) is 5.63. The third-order valence-electron chi connectivity index (χ3n) is 3.67. The summed E-state index contributed by atoms with van der Waals surface area (Å²) in [5, 5.41) is 10.8. The molecule has 0 spiro atoms. The summed E-state index contributed by atoms with van der Waals surface area (Å²) in [7, 11) is 0. The van der Waals surface area contributed by atoms with Crippen molar-refractivity contribution in [2.45, 2.75) is 33.4 Å². The van der Waals surface area contributed by atoms with Crippen molar-refractivity contribution in [3.8, 4) is 10.6 Å². The summed E-state index contributed by atoms with van der Waals surface area (Å²) < 4.78 is 0. The molecule has 0 radical (unpaired) electrons. The van der Waals surface area contributed by atoms with Crippen molar-refractivity contribution in [1.29, 1.82) is 0 Å². The zero-order chi connectivity index (χ0) is 18.2. The van der Waals surface area contributed by atoms with Crippen LogP contribution in [0.2, 0.25) is 0 Å². The lowest BCUT2D eigenvalue weighted by molar-refractivity contribution is 0.809. The SMILES string of the molecule is CCNC(=NCc1csc(-c2ccccc2)n1)NCc1ncc(CC)s1. The van der Waals surface area contributed by atoms with E-state index >= 15 is 0 Å². The van der Waals surface area contributed by atoms with Gasteiger partial charge in [-0.2, -0.15) is 0 Å². The van der Waals surface area contributed by atoms with Gasteiger partial charge in [0.2, 0.25) is 0 Å². The fourth-order valence-electron chi connectivity index (χ4n) is 2.35. The number of benzene rings is 1. The molecule has 0 atom stereocenters. The molecule has 0 unspecified atom stereocenters. The molecule has 26 heavy (non-hydrogen) atoms. The van der Waals surface area contributed by atoms with Crippen molar-refractivity contribution in [2.24, 2.45) is 4.99 Å². The van der Waals surface area contributed by atoms with Crippen LogP contribution < -0.4 is 10.6 Å². The predicted molar refractivity (Wildman–Crippen MR) is 111 cm³/mol. The van der Waals surface area contributed by atoms with Gasteiger partial charge in [-0.1, -0.05) is 37.3 Å². The molecule has 0 saturated carbocycles. The molecule has 0 aliphatic carbocycles. The van der Waals surface area contributed by atoms with Gasteiger partial charge < -0.3 is 10.6 Å². The highest BCUT2D eigenvalue weighted by molar-refractivity contribution is 7.13. The summed E-state index contributed by atoms with van der Waals surface area (Å²) in [6.45, 7) is 6.26. The third kappa shape index (κ3) is 5.12. The Hall–Kier alpha value is -2.25. The van der Waals surface area contributed by atoms with Crippen molar-refractivity contribution < 1.29 is 0 Å². The molecule has 5 nitrogen and oxygen atoms in total. The highest BCUT2D eigenvalue weighted by atomic mass is 32.1. The van der Waals surface area contributed by atoms with Gasteiger partial charge in [-0.15, -0.1) is 22.7 Å². The van der Waals surface area contributed by atoms with Crippen molar-refractivity contribution in [3.63, 3.8) is 0 Å². The monoisotopic (exact) mass is 385 g/mol. The van der Waals surface area contributed by atoms with Crippen molar-refractivity contribution in [3.05, 3.63) is 57.5 Å². The van der Waals surface area contributed by atoms with Gasteiger partial charge in [0.25, 0.3) is 0 Å². The van der Waals surface area contributed by atoms with Gasteiger partial charge >= 0.3 is 0 Å². The molecule has 0 saturated heterocycles. The molecular formula is C19H23N5S2. The fourth-order valence-corrected chi connectivity index (χ4v) is 3.97. The van der Waals surface area contributed by atoms with Gasteiger partial charge in [-0.3, -0.25) is 0 Å². The van der Waals surface area contributed by atoms with E-state index in [0.29, 0.717) is 13.1 Å². The fraction of sp³-hybridized carbons (Fsp3) is 0.316. The molecule has 0 fully saturated rings. The molecule has 0 aliphatic rings. The normalized spacial score (nSPS) is 11.5. The van der Waals surface area contributed by atoms with Crippen LogP contribution >= 0.6 is 22.7 Å². The molecule has 0 amide bonds. The maximum Gasteiger partial charge on any atom is 0.191 e. The van der Waals surface area contributed by atoms with Gasteiger partial charge in [0.05, 0.1) is 18.8 Å². The summed E-state index contributed by atoms with van der Waals surface area (Å²) >= 11 is 3.39. The van der Waals surface area contributed by atoms with Crippen molar-refractivity contribution in [1.82, 2.24) is 20.6 Å². The van der Waals surface area contributed by atoms with E-state index in [1.807, 2.05) is 24.4 Å². The summed E-state index contributed by atoms with van der Waals surface area (Å²) in [4.78, 5) is 15.1. The van der Waals surface area contributed by atoms with Crippen LogP contribution in [-0.2, 0) is 19.5 Å². The zero-order valence-corrected chi connectivity index (χ0v) is 16.7. The number of aryl methyl sites for hydroxylation is 1. The van der Waals surface area contributed by atoms with E-state index in [2.05, 4.69) is 52.0 Å². The van der Waals surface area contributed by atoms with E-state index in [4.69, 9.17) is 4.98 Å². The van der Waals surface area contributed by atoms with Crippen LogP contribution in [0.5, 0.6) is 0 Å². The largest absolute Gasteiger partial charge is 0.357 e. The van der Waals surface area contributed by atoms with Crippen LogP contribution in [0.3, 0.4) is 0 Å². The van der Waals surface area contributed by atoms with Crippen LogP contribution in [0.4, 0.5) is 0 Å². The van der Waals surface area contributed by atoms with Crippen LogP contribution in [0.15, 0.2) is 46.9 Å². The van der Waals surface area contributed by atoms with Gasteiger partial charge in [0.15, 0.2) is 5.96 Å². The molecule has 1 aromatic carbocycles. The second kappa shape index (κ2) is 9.45. The first-order valence-corrected chi connectivity index (χ1v) is 10.4. The average molecular weight is 386 g/mol. The molecule has 2 heterocycles. The number of aromatic nitrogens is 2. The molecule has 7 heteroatoms. The van der Waals surface area contributed by atoms with E-state index < -0.39 is 0 Å². The smallest absolute Gasteiger partial charge is 0.191 e. The minimum Gasteiger partial charge on any atom is -0.357 e. The minimum absolute atomic E-state index is 0.552. The number of aliphatic imine (C=N–C) groups is 1. The highest BCUT2D eigenvalue weighted by Crippen LogP contribution is 2.23. The number of hydrogen-bond donors (Lipinski definition) is 2. The first-order chi connectivity index (χ1) is 12.8. The number of hydrogen-bond acceptors (Lipinski definition) is 5. The Balaban J connectivity index is 1.61. The first-order valence-electron chi connectivity index (χ1n) is 8.74. The van der Waals surface area contributed by atoms with E-state index in [1.165, 1.54) is 4.88 Å². The first kappa shape index (κ1) is 18.5. The Morgan fingerprint density at radius 3 is 2.73 bits per heavy atom. The lowest BCUT2D eigenvalue weighted by Crippen LogP contribution is -2.36. The molecule has 2 aromatic heterocycles. The number of rotatable bonds is 7. The molecule has 2 N–H and O–H groups in total. The van der Waals surface area contributed by atoms with Crippen molar-refractivity contribution >= 4 is 28.6 Å².